The van der Waals surface area contributed by atoms with E-state index >= 15 is 0 Å². The van der Waals surface area contributed by atoms with E-state index in [9.17, 15) is 4.79 Å². The van der Waals surface area contributed by atoms with Crippen LogP contribution in [0.25, 0.3) is 0 Å². The molecule has 0 bridgehead atoms. The topological polar surface area (TPSA) is 79.3 Å². The number of methoxy groups -OCH3 is 1. The quantitative estimate of drug-likeness (QED) is 0.633. The normalized spacial score (nSPS) is 16.6. The van der Waals surface area contributed by atoms with Crippen molar-refractivity contribution in [3.8, 4) is 5.75 Å². The van der Waals surface area contributed by atoms with Crippen LogP contribution in [0.5, 0.6) is 5.75 Å². The van der Waals surface area contributed by atoms with Gasteiger partial charge < -0.3 is 14.2 Å². The van der Waals surface area contributed by atoms with Crippen LogP contribution in [0, 0.1) is 6.92 Å². The number of benzene rings is 1. The maximum atomic E-state index is 12.1. The van der Waals surface area contributed by atoms with Gasteiger partial charge in [0.15, 0.2) is 0 Å². The highest BCUT2D eigenvalue weighted by Crippen LogP contribution is 2.29. The fraction of sp³-hybridized carbons (Fsp3) is 0.435. The van der Waals surface area contributed by atoms with Crippen LogP contribution in [0.3, 0.4) is 0 Å². The average Bonchev–Trinajstić information content (AvgIpc) is 3.49. The summed E-state index contributed by atoms with van der Waals surface area (Å²) in [5, 5.41) is 7.28. The molecule has 0 radical (unpaired) electrons. The molecule has 0 saturated carbocycles. The molecule has 1 amide bonds. The Balaban J connectivity index is 1.42. The van der Waals surface area contributed by atoms with Crippen LogP contribution >= 0.6 is 0 Å². The number of ether oxygens (including phenoxy) is 1. The number of carbonyl (C=O) groups is 1. The molecule has 1 aliphatic rings. The second-order valence-electron chi connectivity index (χ2n) is 8.38. The summed E-state index contributed by atoms with van der Waals surface area (Å²) in [5.41, 5.74) is 3.94. The number of carbonyl (C=O) groups excluding carboxylic acids is 1. The number of imidazole rings is 1. The molecular formula is C23H30N6O2. The molecule has 4 rings (SSSR count). The number of rotatable bonds is 7. The molecule has 0 spiro atoms. The minimum Gasteiger partial charge on any atom is -0.496 e. The number of nitrogens with one attached hydrogen (secondary N) is 1. The Morgan fingerprint density at radius 1 is 1.29 bits per heavy atom. The fourth-order valence-corrected chi connectivity index (χ4v) is 4.18. The highest BCUT2D eigenvalue weighted by atomic mass is 16.5. The van der Waals surface area contributed by atoms with Gasteiger partial charge in [0, 0.05) is 56.8 Å². The van der Waals surface area contributed by atoms with Gasteiger partial charge >= 0.3 is 0 Å². The molecular weight excluding hydrogens is 392 g/mol. The molecule has 1 N–H and O–H groups in total. The zero-order chi connectivity index (χ0) is 22.0. The molecule has 0 aliphatic carbocycles. The number of hydrogen-bond acceptors (Lipinski definition) is 5. The SMILES string of the molecule is COc1ccc(CN2CC[C@@H](c3cc(C(=O)N(C)C)n[nH]3)C2)cc1Cn1ccnc1C. The second-order valence-corrected chi connectivity index (χ2v) is 8.38. The van der Waals surface area contributed by atoms with Gasteiger partial charge in [0.2, 0.25) is 0 Å². The molecule has 1 atom stereocenters. The van der Waals surface area contributed by atoms with Gasteiger partial charge in [-0.3, -0.25) is 14.8 Å². The third kappa shape index (κ3) is 4.64. The monoisotopic (exact) mass is 422 g/mol. The summed E-state index contributed by atoms with van der Waals surface area (Å²) >= 11 is 0. The van der Waals surface area contributed by atoms with Crippen LogP contribution in [0.4, 0.5) is 0 Å². The predicted octanol–water partition coefficient (Wildman–Crippen LogP) is 2.66. The van der Waals surface area contributed by atoms with Gasteiger partial charge in [0.1, 0.15) is 17.3 Å². The summed E-state index contributed by atoms with van der Waals surface area (Å²) in [6.45, 7) is 5.59. The first-order chi connectivity index (χ1) is 14.9. The largest absolute Gasteiger partial charge is 0.496 e. The lowest BCUT2D eigenvalue weighted by atomic mass is 10.0. The van der Waals surface area contributed by atoms with Crippen molar-refractivity contribution in [2.45, 2.75) is 32.4 Å². The van der Waals surface area contributed by atoms with Crippen LogP contribution in [-0.2, 0) is 13.1 Å². The van der Waals surface area contributed by atoms with Crippen LogP contribution < -0.4 is 4.74 Å². The van der Waals surface area contributed by atoms with Gasteiger partial charge in [-0.15, -0.1) is 0 Å². The maximum absolute atomic E-state index is 12.1. The summed E-state index contributed by atoms with van der Waals surface area (Å²) in [4.78, 5) is 20.4. The van der Waals surface area contributed by atoms with Crippen molar-refractivity contribution in [2.24, 2.45) is 0 Å². The number of aromatic nitrogens is 4. The lowest BCUT2D eigenvalue weighted by molar-refractivity contribution is 0.0822. The highest BCUT2D eigenvalue weighted by molar-refractivity contribution is 5.92. The summed E-state index contributed by atoms with van der Waals surface area (Å²) in [6.07, 6.45) is 4.87. The van der Waals surface area contributed by atoms with E-state index < -0.39 is 0 Å². The van der Waals surface area contributed by atoms with E-state index in [1.807, 2.05) is 25.4 Å². The summed E-state index contributed by atoms with van der Waals surface area (Å²) in [6, 6.07) is 8.32. The number of aryl methyl sites for hydroxylation is 1. The Hall–Kier alpha value is -3.13. The van der Waals surface area contributed by atoms with Gasteiger partial charge in [-0.25, -0.2) is 4.98 Å². The van der Waals surface area contributed by atoms with Crippen LogP contribution in [0.1, 0.15) is 45.5 Å². The summed E-state index contributed by atoms with van der Waals surface area (Å²) < 4.78 is 7.71. The number of amides is 1. The lowest BCUT2D eigenvalue weighted by Gasteiger charge is -2.18. The Kier molecular flexibility index (Phi) is 6.08. The van der Waals surface area contributed by atoms with Gasteiger partial charge in [-0.05, 0) is 43.7 Å². The average molecular weight is 423 g/mol. The molecule has 3 aromatic rings. The van der Waals surface area contributed by atoms with Gasteiger partial charge in [-0.2, -0.15) is 5.10 Å². The van der Waals surface area contributed by atoms with Crippen molar-refractivity contribution >= 4 is 5.91 Å². The Morgan fingerprint density at radius 3 is 2.84 bits per heavy atom. The second kappa shape index (κ2) is 8.93. The molecule has 1 aliphatic heterocycles. The van der Waals surface area contributed by atoms with E-state index in [0.717, 1.165) is 55.4 Å². The number of H-pyrrole nitrogens is 1. The fourth-order valence-electron chi connectivity index (χ4n) is 4.18. The number of hydrogen-bond donors (Lipinski definition) is 1. The van der Waals surface area contributed by atoms with Crippen molar-refractivity contribution in [3.05, 3.63) is 65.0 Å². The maximum Gasteiger partial charge on any atom is 0.273 e. The van der Waals surface area contributed by atoms with E-state index in [-0.39, 0.29) is 5.91 Å². The molecule has 3 heterocycles. The molecule has 1 aromatic carbocycles. The van der Waals surface area contributed by atoms with Crippen molar-refractivity contribution in [2.75, 3.05) is 34.3 Å². The van der Waals surface area contributed by atoms with Crippen molar-refractivity contribution in [1.82, 2.24) is 29.5 Å². The smallest absolute Gasteiger partial charge is 0.273 e. The first-order valence-electron chi connectivity index (χ1n) is 10.6. The zero-order valence-corrected chi connectivity index (χ0v) is 18.6. The Morgan fingerprint density at radius 2 is 2.13 bits per heavy atom. The first-order valence-corrected chi connectivity index (χ1v) is 10.6. The molecule has 164 valence electrons. The molecule has 2 aromatic heterocycles. The number of aromatic amines is 1. The van der Waals surface area contributed by atoms with Crippen molar-refractivity contribution in [1.29, 1.82) is 0 Å². The number of likely N-dealkylation sites (tertiary alicyclic amines) is 1. The number of nitrogens with zero attached hydrogens (tertiary/aromatic N) is 5. The van der Waals surface area contributed by atoms with Crippen LogP contribution in [0.15, 0.2) is 36.7 Å². The molecule has 0 unspecified atom stereocenters. The van der Waals surface area contributed by atoms with Crippen LogP contribution in [0.2, 0.25) is 0 Å². The molecule has 8 nitrogen and oxygen atoms in total. The minimum absolute atomic E-state index is 0.0729. The van der Waals surface area contributed by atoms with E-state index in [1.54, 1.807) is 26.1 Å². The minimum atomic E-state index is -0.0729. The van der Waals surface area contributed by atoms with Crippen LogP contribution in [-0.4, -0.2) is 69.8 Å². The molecule has 31 heavy (non-hydrogen) atoms. The molecule has 1 fully saturated rings. The van der Waals surface area contributed by atoms with Gasteiger partial charge in [-0.1, -0.05) is 6.07 Å². The van der Waals surface area contributed by atoms with Gasteiger partial charge in [0.05, 0.1) is 13.7 Å². The highest BCUT2D eigenvalue weighted by Gasteiger charge is 2.26. The van der Waals surface area contributed by atoms with E-state index in [0.29, 0.717) is 11.6 Å². The van der Waals surface area contributed by atoms with Crippen molar-refractivity contribution in [3.63, 3.8) is 0 Å². The first kappa shape index (κ1) is 21.1. The Bertz CT molecular complexity index is 1050. The zero-order valence-electron chi connectivity index (χ0n) is 18.6. The van der Waals surface area contributed by atoms with Crippen molar-refractivity contribution < 1.29 is 9.53 Å². The molecule has 1 saturated heterocycles. The van der Waals surface area contributed by atoms with E-state index in [4.69, 9.17) is 4.74 Å². The lowest BCUT2D eigenvalue weighted by Crippen LogP contribution is -2.22. The molecule has 8 heteroatoms. The third-order valence-corrected chi connectivity index (χ3v) is 5.95. The summed E-state index contributed by atoms with van der Waals surface area (Å²) in [7, 11) is 5.19. The van der Waals surface area contributed by atoms with E-state index in [1.165, 1.54) is 5.56 Å². The van der Waals surface area contributed by atoms with Gasteiger partial charge in [0.25, 0.3) is 5.91 Å². The van der Waals surface area contributed by atoms with E-state index in [2.05, 4.69) is 42.8 Å². The summed E-state index contributed by atoms with van der Waals surface area (Å²) in [5.74, 6) is 2.17. The Labute approximate surface area is 182 Å². The third-order valence-electron chi connectivity index (χ3n) is 5.95. The standard InChI is InChI=1S/C23H30N6O2/c1-16-24-8-10-29(16)15-19-11-17(5-6-22(19)31-4)13-28-9-7-18(14-28)20-12-21(26-25-20)23(30)27(2)3/h5-6,8,10-12,18H,7,9,13-15H2,1-4H3,(H,25,26)/t18-/m1/s1. The predicted molar refractivity (Wildman–Crippen MR) is 118 cm³/mol.